The lowest BCUT2D eigenvalue weighted by Gasteiger charge is -2.38. The Morgan fingerprint density at radius 3 is 2.65 bits per heavy atom. The molecule has 6 heteroatoms. The molecule has 0 N–H and O–H groups in total. The van der Waals surface area contributed by atoms with Crippen molar-refractivity contribution in [3.63, 3.8) is 0 Å². The second kappa shape index (κ2) is 5.78. The number of piperidine rings is 1. The van der Waals surface area contributed by atoms with E-state index in [-0.39, 0.29) is 5.43 Å². The molecular weight excluding hydrogens is 314 g/mol. The highest BCUT2D eigenvalue weighted by Crippen LogP contribution is 2.33. The smallest absolute Gasteiger partial charge is 0.211 e. The van der Waals surface area contributed by atoms with Crippen molar-refractivity contribution in [2.24, 2.45) is 0 Å². The van der Waals surface area contributed by atoms with Crippen molar-refractivity contribution < 1.29 is 14.2 Å². The Morgan fingerprint density at radius 2 is 1.96 bits per heavy atom. The minimum Gasteiger partial charge on any atom is -0.497 e. The predicted octanol–water partition coefficient (Wildman–Crippen LogP) is 2.61. The van der Waals surface area contributed by atoms with E-state index in [1.807, 2.05) is 23.6 Å². The minimum atomic E-state index is -0.414. The molecule has 1 aromatic heterocycles. The first-order chi connectivity index (χ1) is 11.2. The molecule has 122 valence electrons. The molecule has 1 aromatic carbocycles. The summed E-state index contributed by atoms with van der Waals surface area (Å²) in [5.41, 5.74) is 0.838. The van der Waals surface area contributed by atoms with Gasteiger partial charge in [-0.3, -0.25) is 4.79 Å². The molecule has 4 rings (SSSR count). The third kappa shape index (κ3) is 2.60. The van der Waals surface area contributed by atoms with Gasteiger partial charge in [0.15, 0.2) is 5.79 Å². The maximum absolute atomic E-state index is 12.9. The third-order valence-corrected chi connectivity index (χ3v) is 5.59. The van der Waals surface area contributed by atoms with Crippen molar-refractivity contribution in [1.29, 1.82) is 0 Å². The summed E-state index contributed by atoms with van der Waals surface area (Å²) in [5, 5.41) is 2.69. The first kappa shape index (κ1) is 14.9. The first-order valence-corrected chi connectivity index (χ1v) is 8.71. The minimum absolute atomic E-state index is 0.0712. The number of rotatable bonds is 2. The normalized spacial score (nSPS) is 20.3. The van der Waals surface area contributed by atoms with Gasteiger partial charge in [0, 0.05) is 41.4 Å². The van der Waals surface area contributed by atoms with Crippen molar-refractivity contribution in [2.45, 2.75) is 18.6 Å². The molecule has 1 spiro atoms. The van der Waals surface area contributed by atoms with Gasteiger partial charge in [0.05, 0.1) is 26.0 Å². The summed E-state index contributed by atoms with van der Waals surface area (Å²) in [4.78, 5) is 15.0. The van der Waals surface area contributed by atoms with Crippen molar-refractivity contribution in [3.05, 3.63) is 33.8 Å². The molecule has 2 aliphatic heterocycles. The van der Waals surface area contributed by atoms with Crippen LogP contribution >= 0.6 is 11.3 Å². The van der Waals surface area contributed by atoms with Gasteiger partial charge in [-0.15, -0.1) is 11.3 Å². The van der Waals surface area contributed by atoms with Gasteiger partial charge in [0.25, 0.3) is 0 Å². The molecular formula is C17H19NO4S. The first-order valence-electron chi connectivity index (χ1n) is 7.83. The van der Waals surface area contributed by atoms with Crippen molar-refractivity contribution in [1.82, 2.24) is 0 Å². The van der Waals surface area contributed by atoms with Gasteiger partial charge in [-0.25, -0.2) is 0 Å². The topological polar surface area (TPSA) is 48.0 Å². The zero-order valence-corrected chi connectivity index (χ0v) is 13.9. The fourth-order valence-corrected chi connectivity index (χ4v) is 4.24. The maximum Gasteiger partial charge on any atom is 0.211 e. The summed E-state index contributed by atoms with van der Waals surface area (Å²) in [6, 6.07) is 5.65. The van der Waals surface area contributed by atoms with E-state index in [0.717, 1.165) is 41.7 Å². The van der Waals surface area contributed by atoms with Crippen LogP contribution in [0.25, 0.3) is 10.1 Å². The van der Waals surface area contributed by atoms with Crippen LogP contribution in [0.5, 0.6) is 5.75 Å². The van der Waals surface area contributed by atoms with Gasteiger partial charge >= 0.3 is 0 Å². The molecule has 0 aliphatic carbocycles. The van der Waals surface area contributed by atoms with Crippen LogP contribution in [-0.4, -0.2) is 39.2 Å². The highest BCUT2D eigenvalue weighted by molar-refractivity contribution is 7.16. The van der Waals surface area contributed by atoms with Gasteiger partial charge in [-0.1, -0.05) is 0 Å². The molecule has 0 bridgehead atoms. The number of ether oxygens (including phenoxy) is 3. The van der Waals surface area contributed by atoms with Crippen LogP contribution in [0.2, 0.25) is 0 Å². The zero-order chi connectivity index (χ0) is 15.9. The third-order valence-electron chi connectivity index (χ3n) is 4.64. The van der Waals surface area contributed by atoms with Gasteiger partial charge in [0.2, 0.25) is 5.43 Å². The zero-order valence-electron chi connectivity index (χ0n) is 13.0. The van der Waals surface area contributed by atoms with E-state index in [1.165, 1.54) is 0 Å². The quantitative estimate of drug-likeness (QED) is 0.845. The molecule has 5 nitrogen and oxygen atoms in total. The summed E-state index contributed by atoms with van der Waals surface area (Å²) in [6.07, 6.45) is 1.60. The molecule has 2 aromatic rings. The molecule has 0 unspecified atom stereocenters. The number of hydrogen-bond donors (Lipinski definition) is 0. The molecule has 2 fully saturated rings. The van der Waals surface area contributed by atoms with E-state index >= 15 is 0 Å². The van der Waals surface area contributed by atoms with E-state index in [1.54, 1.807) is 18.4 Å². The van der Waals surface area contributed by atoms with E-state index in [9.17, 15) is 4.79 Å². The van der Waals surface area contributed by atoms with Crippen molar-refractivity contribution in [2.75, 3.05) is 38.3 Å². The number of benzene rings is 1. The fourth-order valence-electron chi connectivity index (χ4n) is 3.32. The molecule has 2 aliphatic rings. The SMILES string of the molecule is COc1ccc2scc(N3CCC4(CC3)OCCO4)c(=O)c2c1. The van der Waals surface area contributed by atoms with Crippen LogP contribution in [0.15, 0.2) is 28.4 Å². The summed E-state index contributed by atoms with van der Waals surface area (Å²) in [6.45, 7) is 2.89. The van der Waals surface area contributed by atoms with Crippen LogP contribution in [0.3, 0.4) is 0 Å². The van der Waals surface area contributed by atoms with Gasteiger partial charge < -0.3 is 19.1 Å². The van der Waals surface area contributed by atoms with Crippen LogP contribution in [0.4, 0.5) is 5.69 Å². The molecule has 0 radical (unpaired) electrons. The second-order valence-electron chi connectivity index (χ2n) is 5.91. The Hall–Kier alpha value is -1.63. The Labute approximate surface area is 138 Å². The van der Waals surface area contributed by atoms with E-state index < -0.39 is 5.79 Å². The predicted molar refractivity (Wildman–Crippen MR) is 90.7 cm³/mol. The molecule has 3 heterocycles. The summed E-state index contributed by atoms with van der Waals surface area (Å²) in [5.74, 6) is 0.299. The van der Waals surface area contributed by atoms with Crippen LogP contribution < -0.4 is 15.1 Å². The standard InChI is InChI=1S/C17H19NO4S/c1-20-12-2-3-15-13(10-12)16(19)14(11-23-15)18-6-4-17(5-7-18)21-8-9-22-17/h2-3,10-11H,4-9H2,1H3. The van der Waals surface area contributed by atoms with Crippen LogP contribution in [0, 0.1) is 0 Å². The fraction of sp³-hybridized carbons (Fsp3) is 0.471. The average Bonchev–Trinajstić information content (AvgIpc) is 3.04. The molecule has 23 heavy (non-hydrogen) atoms. The number of methoxy groups -OCH3 is 1. The van der Waals surface area contributed by atoms with Gasteiger partial charge in [0.1, 0.15) is 5.75 Å². The molecule has 2 saturated heterocycles. The molecule has 0 amide bonds. The number of hydrogen-bond acceptors (Lipinski definition) is 6. The Morgan fingerprint density at radius 1 is 1.22 bits per heavy atom. The largest absolute Gasteiger partial charge is 0.497 e. The molecule has 0 atom stereocenters. The Balaban J connectivity index is 1.64. The number of anilines is 1. The lowest BCUT2D eigenvalue weighted by atomic mass is 10.0. The lowest BCUT2D eigenvalue weighted by Crippen LogP contribution is -2.46. The Bertz CT molecular complexity index is 772. The van der Waals surface area contributed by atoms with Crippen molar-refractivity contribution in [3.8, 4) is 5.75 Å². The highest BCUT2D eigenvalue weighted by Gasteiger charge is 2.40. The van der Waals surface area contributed by atoms with E-state index in [0.29, 0.717) is 19.0 Å². The number of nitrogens with zero attached hydrogens (tertiary/aromatic N) is 1. The van der Waals surface area contributed by atoms with Crippen LogP contribution in [0.1, 0.15) is 12.8 Å². The van der Waals surface area contributed by atoms with Crippen molar-refractivity contribution >= 4 is 27.1 Å². The average molecular weight is 333 g/mol. The maximum atomic E-state index is 12.9. The summed E-state index contributed by atoms with van der Waals surface area (Å²) >= 11 is 1.59. The summed E-state index contributed by atoms with van der Waals surface area (Å²) in [7, 11) is 1.62. The molecule has 0 saturated carbocycles. The number of fused-ring (bicyclic) bond motifs is 1. The van der Waals surface area contributed by atoms with Gasteiger partial charge in [-0.05, 0) is 18.2 Å². The lowest BCUT2D eigenvalue weighted by molar-refractivity contribution is -0.169. The van der Waals surface area contributed by atoms with Gasteiger partial charge in [-0.2, -0.15) is 0 Å². The highest BCUT2D eigenvalue weighted by atomic mass is 32.1. The Kier molecular flexibility index (Phi) is 3.75. The van der Waals surface area contributed by atoms with E-state index in [4.69, 9.17) is 14.2 Å². The van der Waals surface area contributed by atoms with Crippen LogP contribution in [-0.2, 0) is 9.47 Å². The van der Waals surface area contributed by atoms with E-state index in [2.05, 4.69) is 4.90 Å². The monoisotopic (exact) mass is 333 g/mol. The second-order valence-corrected chi connectivity index (χ2v) is 6.82. The summed E-state index contributed by atoms with van der Waals surface area (Å²) < 4.78 is 17.7.